The smallest absolute Gasteiger partial charge is 0.247 e. The monoisotopic (exact) mass is 603 g/mol. The number of hydrogen-bond acceptors (Lipinski definition) is 6. The minimum Gasteiger partial charge on any atom is -0.481 e. The van der Waals surface area contributed by atoms with E-state index in [1.165, 1.54) is 0 Å². The average molecular weight is 604 g/mol. The maximum absolute atomic E-state index is 14.4. The molecule has 5 rings (SSSR count). The van der Waals surface area contributed by atoms with Crippen molar-refractivity contribution in [1.82, 2.24) is 24.7 Å². The van der Waals surface area contributed by atoms with E-state index in [1.54, 1.807) is 48.8 Å². The van der Waals surface area contributed by atoms with Gasteiger partial charge in [-0.2, -0.15) is 0 Å². The number of amides is 2. The Kier molecular flexibility index (Phi) is 10.7. The first kappa shape index (κ1) is 31.6. The molecule has 0 radical (unpaired) electrons. The van der Waals surface area contributed by atoms with Gasteiger partial charge in [0.1, 0.15) is 6.04 Å². The second-order valence-corrected chi connectivity index (χ2v) is 11.6. The molecule has 1 unspecified atom stereocenters. The lowest BCUT2D eigenvalue weighted by molar-refractivity contribution is -0.145. The number of nitrogens with zero attached hydrogens (tertiary/aromatic N) is 5. The number of pyridine rings is 2. The van der Waals surface area contributed by atoms with Gasteiger partial charge in [0.05, 0.1) is 7.11 Å². The van der Waals surface area contributed by atoms with Crippen molar-refractivity contribution in [3.63, 3.8) is 0 Å². The van der Waals surface area contributed by atoms with Crippen molar-refractivity contribution in [1.29, 1.82) is 0 Å². The highest BCUT2D eigenvalue weighted by Crippen LogP contribution is 2.23. The fourth-order valence-electron chi connectivity index (χ4n) is 5.74. The van der Waals surface area contributed by atoms with Crippen LogP contribution in [-0.2, 0) is 22.6 Å². The topological polar surface area (TPSA) is 78.9 Å². The van der Waals surface area contributed by atoms with Gasteiger partial charge in [-0.05, 0) is 79.0 Å². The van der Waals surface area contributed by atoms with Crippen LogP contribution >= 0.6 is 0 Å². The highest BCUT2D eigenvalue weighted by Gasteiger charge is 2.34. The van der Waals surface area contributed by atoms with Crippen LogP contribution in [0.1, 0.15) is 29.5 Å². The molecule has 232 valence electrons. The van der Waals surface area contributed by atoms with Gasteiger partial charge in [-0.3, -0.25) is 14.6 Å². The van der Waals surface area contributed by atoms with E-state index in [0.717, 1.165) is 40.7 Å². The van der Waals surface area contributed by atoms with Crippen LogP contribution in [0, 0.1) is 0 Å². The van der Waals surface area contributed by atoms with E-state index in [4.69, 9.17) is 4.74 Å². The third kappa shape index (κ3) is 8.42. The molecule has 1 saturated heterocycles. The van der Waals surface area contributed by atoms with Crippen LogP contribution in [-0.4, -0.2) is 82.9 Å². The third-order valence-corrected chi connectivity index (χ3v) is 8.43. The van der Waals surface area contributed by atoms with E-state index in [9.17, 15) is 9.59 Å². The number of piperidine rings is 1. The van der Waals surface area contributed by atoms with Crippen LogP contribution < -0.4 is 4.74 Å². The van der Waals surface area contributed by atoms with Crippen molar-refractivity contribution in [3.8, 4) is 17.0 Å². The van der Waals surface area contributed by atoms with Crippen molar-refractivity contribution in [2.24, 2.45) is 0 Å². The lowest BCUT2D eigenvalue weighted by Gasteiger charge is -2.39. The summed E-state index contributed by atoms with van der Waals surface area (Å²) in [5.74, 6) is 0.251. The molecule has 0 bridgehead atoms. The van der Waals surface area contributed by atoms with Crippen molar-refractivity contribution < 1.29 is 14.3 Å². The molecular weight excluding hydrogens is 562 g/mol. The van der Waals surface area contributed by atoms with E-state index in [1.807, 2.05) is 77.7 Å². The van der Waals surface area contributed by atoms with Gasteiger partial charge < -0.3 is 19.4 Å². The molecule has 0 saturated carbocycles. The number of rotatable bonds is 11. The largest absolute Gasteiger partial charge is 0.481 e. The second-order valence-electron chi connectivity index (χ2n) is 11.6. The van der Waals surface area contributed by atoms with Crippen molar-refractivity contribution in [2.45, 2.75) is 37.9 Å². The highest BCUT2D eigenvalue weighted by molar-refractivity contribution is 5.95. The van der Waals surface area contributed by atoms with Crippen LogP contribution in [0.5, 0.6) is 5.88 Å². The van der Waals surface area contributed by atoms with E-state index < -0.39 is 6.04 Å². The summed E-state index contributed by atoms with van der Waals surface area (Å²) in [4.78, 5) is 42.7. The number of hydrogen-bond donors (Lipinski definition) is 0. The molecule has 2 aromatic carbocycles. The maximum Gasteiger partial charge on any atom is 0.247 e. The first-order chi connectivity index (χ1) is 21.9. The summed E-state index contributed by atoms with van der Waals surface area (Å²) in [6.45, 7) is 1.63. The lowest BCUT2D eigenvalue weighted by atomic mass is 9.98. The first-order valence-corrected chi connectivity index (χ1v) is 15.4. The van der Waals surface area contributed by atoms with Crippen molar-refractivity contribution in [2.75, 3.05) is 34.3 Å². The molecule has 2 amide bonds. The number of aromatic nitrogens is 2. The highest BCUT2D eigenvalue weighted by atomic mass is 16.5. The van der Waals surface area contributed by atoms with Gasteiger partial charge >= 0.3 is 0 Å². The average Bonchev–Trinajstić information content (AvgIpc) is 3.09. The molecule has 1 fully saturated rings. The Morgan fingerprint density at radius 3 is 2.22 bits per heavy atom. The van der Waals surface area contributed by atoms with Crippen molar-refractivity contribution >= 4 is 17.9 Å². The number of ether oxygens (including phenoxy) is 1. The summed E-state index contributed by atoms with van der Waals surface area (Å²) in [6.07, 6.45) is 10.7. The minimum atomic E-state index is -0.672. The van der Waals surface area contributed by atoms with Gasteiger partial charge in [-0.25, -0.2) is 4.98 Å². The SMILES string of the molecule is COc1ccc(C=CC(=O)N(Cc2ccc(-c3ccncc3)cc2)C(Cc2ccccc2)C(=O)N2CCC(N(C)C)CC2)cn1. The first-order valence-electron chi connectivity index (χ1n) is 15.4. The van der Waals surface area contributed by atoms with Gasteiger partial charge in [0.25, 0.3) is 0 Å². The number of carbonyl (C=O) groups excluding carboxylic acids is 2. The van der Waals surface area contributed by atoms with E-state index >= 15 is 0 Å². The molecule has 0 spiro atoms. The Morgan fingerprint density at radius 1 is 0.911 bits per heavy atom. The molecule has 8 nitrogen and oxygen atoms in total. The maximum atomic E-state index is 14.4. The number of carbonyl (C=O) groups is 2. The predicted molar refractivity (Wildman–Crippen MR) is 177 cm³/mol. The van der Waals surface area contributed by atoms with E-state index in [-0.39, 0.29) is 18.4 Å². The van der Waals surface area contributed by atoms with Crippen LogP contribution in [0.2, 0.25) is 0 Å². The molecule has 1 aliphatic rings. The lowest BCUT2D eigenvalue weighted by Crippen LogP contribution is -2.54. The van der Waals surface area contributed by atoms with Crippen LogP contribution in [0.3, 0.4) is 0 Å². The molecule has 1 atom stereocenters. The van der Waals surface area contributed by atoms with Gasteiger partial charge in [0.2, 0.25) is 17.7 Å². The summed E-state index contributed by atoms with van der Waals surface area (Å²) >= 11 is 0. The second kappa shape index (κ2) is 15.3. The summed E-state index contributed by atoms with van der Waals surface area (Å²) in [6, 6.07) is 25.4. The number of likely N-dealkylation sites (tertiary alicyclic amines) is 1. The van der Waals surface area contributed by atoms with Crippen LogP contribution in [0.4, 0.5) is 0 Å². The quantitative estimate of drug-likeness (QED) is 0.215. The molecular formula is C37H41N5O3. The van der Waals surface area contributed by atoms with Crippen molar-refractivity contribution in [3.05, 3.63) is 120 Å². The van der Waals surface area contributed by atoms with Crippen LogP contribution in [0.15, 0.2) is 104 Å². The van der Waals surface area contributed by atoms with Gasteiger partial charge in [0, 0.05) is 62.8 Å². The number of methoxy groups -OCH3 is 1. The Bertz CT molecular complexity index is 1550. The third-order valence-electron chi connectivity index (χ3n) is 8.43. The standard InChI is InChI=1S/C37H41N5O3/c1-40(2)33-19-23-41(24-20-33)37(44)34(25-28-7-5-4-6-8-28)42(36(43)16-12-29-11-15-35(45-3)39-26-29)27-30-9-13-31(14-10-30)32-17-21-38-22-18-32/h4-18,21-22,26,33-34H,19-20,23-25,27H2,1-3H3. The zero-order valence-corrected chi connectivity index (χ0v) is 26.3. The van der Waals surface area contributed by atoms with E-state index in [0.29, 0.717) is 31.4 Å². The minimum absolute atomic E-state index is 0.0164. The Morgan fingerprint density at radius 2 is 1.60 bits per heavy atom. The fourth-order valence-corrected chi connectivity index (χ4v) is 5.74. The van der Waals surface area contributed by atoms with Crippen LogP contribution in [0.25, 0.3) is 17.2 Å². The zero-order chi connectivity index (χ0) is 31.6. The molecule has 8 heteroatoms. The Hall–Kier alpha value is -4.82. The van der Waals surface area contributed by atoms with Gasteiger partial charge in [-0.1, -0.05) is 54.6 Å². The Labute approximate surface area is 266 Å². The Balaban J connectivity index is 1.46. The molecule has 2 aromatic heterocycles. The molecule has 3 heterocycles. The number of benzene rings is 2. The van der Waals surface area contributed by atoms with Gasteiger partial charge in [-0.15, -0.1) is 0 Å². The van der Waals surface area contributed by atoms with E-state index in [2.05, 4.69) is 29.0 Å². The van der Waals surface area contributed by atoms with Gasteiger partial charge in [0.15, 0.2) is 0 Å². The summed E-state index contributed by atoms with van der Waals surface area (Å²) < 4.78 is 5.17. The fraction of sp³-hybridized carbons (Fsp3) is 0.297. The molecule has 4 aromatic rings. The summed E-state index contributed by atoms with van der Waals surface area (Å²) in [5, 5.41) is 0. The molecule has 0 N–H and O–H groups in total. The zero-order valence-electron chi connectivity index (χ0n) is 26.3. The predicted octanol–water partition coefficient (Wildman–Crippen LogP) is 5.36. The molecule has 0 aliphatic carbocycles. The molecule has 45 heavy (non-hydrogen) atoms. The molecule has 1 aliphatic heterocycles. The normalized spacial score (nSPS) is 14.4. The summed E-state index contributed by atoms with van der Waals surface area (Å²) in [7, 11) is 5.74. The summed E-state index contributed by atoms with van der Waals surface area (Å²) in [5.41, 5.74) is 4.85.